The van der Waals surface area contributed by atoms with Crippen LogP contribution in [0.5, 0.6) is 0 Å². The van der Waals surface area contributed by atoms with Crippen molar-refractivity contribution >= 4 is 17.5 Å². The number of carbonyl (C=O) groups excluding carboxylic acids is 2. The highest BCUT2D eigenvalue weighted by atomic mass is 19.1. The van der Waals surface area contributed by atoms with E-state index in [1.165, 1.54) is 12.4 Å². The van der Waals surface area contributed by atoms with Crippen molar-refractivity contribution < 1.29 is 14.0 Å². The van der Waals surface area contributed by atoms with Crippen molar-refractivity contribution in [3.8, 4) is 0 Å². The Hall–Kier alpha value is -3.29. The summed E-state index contributed by atoms with van der Waals surface area (Å²) in [6.07, 6.45) is 2.23. The molecule has 1 aromatic carbocycles. The number of benzene rings is 1. The Balaban J connectivity index is 1.79. The van der Waals surface area contributed by atoms with Gasteiger partial charge in [-0.25, -0.2) is 14.4 Å². The number of hydrogen-bond donors (Lipinski definition) is 1. The quantitative estimate of drug-likeness (QED) is 0.692. The zero-order chi connectivity index (χ0) is 21.3. The second-order valence-corrected chi connectivity index (χ2v) is 7.11. The topological polar surface area (TPSA) is 93.6 Å². The van der Waals surface area contributed by atoms with Gasteiger partial charge in [-0.1, -0.05) is 18.2 Å². The van der Waals surface area contributed by atoms with Crippen molar-refractivity contribution in [2.45, 2.75) is 39.7 Å². The van der Waals surface area contributed by atoms with Gasteiger partial charge in [0.15, 0.2) is 11.3 Å². The van der Waals surface area contributed by atoms with Crippen LogP contribution < -0.4 is 5.73 Å². The third-order valence-electron chi connectivity index (χ3n) is 5.40. The number of nitrogens with zero attached hydrogens (tertiary/aromatic N) is 4. The molecule has 29 heavy (non-hydrogen) atoms. The number of rotatable bonds is 6. The molecule has 1 unspecified atom stereocenters. The summed E-state index contributed by atoms with van der Waals surface area (Å²) in [5.41, 5.74) is 8.84. The highest BCUT2D eigenvalue weighted by Crippen LogP contribution is 2.23. The second kappa shape index (κ2) is 7.98. The summed E-state index contributed by atoms with van der Waals surface area (Å²) in [4.78, 5) is 34.3. The van der Waals surface area contributed by atoms with Crippen molar-refractivity contribution in [3.05, 3.63) is 64.6 Å². The maximum atomic E-state index is 14.0. The van der Waals surface area contributed by atoms with Crippen molar-refractivity contribution in [1.82, 2.24) is 19.3 Å². The van der Waals surface area contributed by atoms with Crippen molar-refractivity contribution in [3.63, 3.8) is 0 Å². The zero-order valence-corrected chi connectivity index (χ0v) is 16.9. The third-order valence-corrected chi connectivity index (χ3v) is 5.40. The lowest BCUT2D eigenvalue weighted by Gasteiger charge is -2.26. The first-order valence-electron chi connectivity index (χ1n) is 9.35. The number of carbonyl (C=O) groups is 2. The molecule has 0 aliphatic rings. The zero-order valence-electron chi connectivity index (χ0n) is 16.9. The molecule has 3 rings (SSSR count). The molecule has 0 fully saturated rings. The molecule has 0 aliphatic carbocycles. The average Bonchev–Trinajstić information content (AvgIpc) is 3.11. The average molecular weight is 397 g/mol. The first-order chi connectivity index (χ1) is 13.7. The minimum absolute atomic E-state index is 0.0943. The lowest BCUT2D eigenvalue weighted by Crippen LogP contribution is -2.30. The molecule has 0 saturated carbocycles. The number of amides is 2. The van der Waals surface area contributed by atoms with E-state index in [2.05, 4.69) is 9.97 Å². The van der Waals surface area contributed by atoms with E-state index >= 15 is 0 Å². The van der Waals surface area contributed by atoms with Crippen LogP contribution in [0.3, 0.4) is 0 Å². The molecule has 1 atom stereocenters. The van der Waals surface area contributed by atoms with Crippen LogP contribution in [0.4, 0.5) is 4.39 Å². The molecular weight excluding hydrogens is 373 g/mol. The Labute approximate surface area is 168 Å². The Kier molecular flexibility index (Phi) is 5.63. The van der Waals surface area contributed by atoms with Crippen LogP contribution >= 0.6 is 0 Å². The Bertz CT molecular complexity index is 1090. The summed E-state index contributed by atoms with van der Waals surface area (Å²) in [7, 11) is 1.68. The molecule has 7 nitrogen and oxygen atoms in total. The SMILES string of the molecule is Cc1nc2c(C(N)=O)ncn2c(C)c1CCC(=O)N(C)C(C)c1ccccc1F. The van der Waals surface area contributed by atoms with Gasteiger partial charge in [0.05, 0.1) is 6.04 Å². The molecule has 2 amide bonds. The normalized spacial score (nSPS) is 12.2. The molecular formula is C21H24FN5O2. The highest BCUT2D eigenvalue weighted by molar-refractivity contribution is 5.96. The van der Waals surface area contributed by atoms with Crippen molar-refractivity contribution in [1.29, 1.82) is 0 Å². The molecule has 152 valence electrons. The van der Waals surface area contributed by atoms with E-state index in [-0.39, 0.29) is 29.9 Å². The largest absolute Gasteiger partial charge is 0.364 e. The van der Waals surface area contributed by atoms with E-state index in [0.717, 1.165) is 17.0 Å². The fourth-order valence-electron chi connectivity index (χ4n) is 3.51. The summed E-state index contributed by atoms with van der Waals surface area (Å²) < 4.78 is 15.7. The van der Waals surface area contributed by atoms with Gasteiger partial charge in [0.2, 0.25) is 5.91 Å². The number of nitrogens with two attached hydrogens (primary N) is 1. The van der Waals surface area contributed by atoms with Gasteiger partial charge < -0.3 is 10.6 Å². The molecule has 2 heterocycles. The maximum Gasteiger partial charge on any atom is 0.271 e. The number of imidazole rings is 1. The molecule has 2 aromatic heterocycles. The molecule has 3 aromatic rings. The first kappa shape index (κ1) is 20.4. The van der Waals surface area contributed by atoms with E-state index in [1.807, 2.05) is 13.8 Å². The predicted octanol–water partition coefficient (Wildman–Crippen LogP) is 2.74. The van der Waals surface area contributed by atoms with E-state index < -0.39 is 5.91 Å². The standard InChI is InChI=1S/C21H24FN5O2/c1-12-15(14(3)27-11-24-19(20(23)29)21(27)25-12)9-10-18(28)26(4)13(2)16-7-5-6-8-17(16)22/h5-8,11,13H,9-10H2,1-4H3,(H2,23,29). The summed E-state index contributed by atoms with van der Waals surface area (Å²) in [5.74, 6) is -1.06. The molecule has 2 N–H and O–H groups in total. The summed E-state index contributed by atoms with van der Waals surface area (Å²) in [6, 6.07) is 6.08. The number of halogens is 1. The van der Waals surface area contributed by atoms with Crippen LogP contribution in [-0.2, 0) is 11.2 Å². The minimum Gasteiger partial charge on any atom is -0.364 e. The van der Waals surface area contributed by atoms with Gasteiger partial charge in [0, 0.05) is 30.4 Å². The lowest BCUT2D eigenvalue weighted by molar-refractivity contribution is -0.131. The van der Waals surface area contributed by atoms with E-state index in [1.54, 1.807) is 41.5 Å². The summed E-state index contributed by atoms with van der Waals surface area (Å²) in [6.45, 7) is 5.52. The summed E-state index contributed by atoms with van der Waals surface area (Å²) in [5, 5.41) is 0. The number of hydrogen-bond acceptors (Lipinski definition) is 4. The minimum atomic E-state index is -0.634. The van der Waals surface area contributed by atoms with Gasteiger partial charge in [0.25, 0.3) is 5.91 Å². The molecule has 0 radical (unpaired) electrons. The Morgan fingerprint density at radius 1 is 1.28 bits per heavy atom. The second-order valence-electron chi connectivity index (χ2n) is 7.11. The van der Waals surface area contributed by atoms with Gasteiger partial charge in [-0.3, -0.25) is 14.0 Å². The first-order valence-corrected chi connectivity index (χ1v) is 9.35. The van der Waals surface area contributed by atoms with Gasteiger partial charge in [-0.15, -0.1) is 0 Å². The Morgan fingerprint density at radius 3 is 2.62 bits per heavy atom. The molecule has 0 bridgehead atoms. The third kappa shape index (κ3) is 3.83. The van der Waals surface area contributed by atoms with E-state index in [9.17, 15) is 14.0 Å². The molecule has 0 saturated heterocycles. The number of fused-ring (bicyclic) bond motifs is 1. The van der Waals surface area contributed by atoms with Crippen LogP contribution in [0.1, 0.15) is 52.4 Å². The fourth-order valence-corrected chi connectivity index (χ4v) is 3.51. The van der Waals surface area contributed by atoms with Gasteiger partial charge >= 0.3 is 0 Å². The van der Waals surface area contributed by atoms with Crippen LogP contribution in [0.25, 0.3) is 5.65 Å². The van der Waals surface area contributed by atoms with Gasteiger partial charge in [-0.2, -0.15) is 0 Å². The number of aryl methyl sites for hydroxylation is 2. The van der Waals surface area contributed by atoms with Crippen molar-refractivity contribution in [2.24, 2.45) is 5.73 Å². The monoisotopic (exact) mass is 397 g/mol. The number of aromatic nitrogens is 3. The Morgan fingerprint density at radius 2 is 1.97 bits per heavy atom. The summed E-state index contributed by atoms with van der Waals surface area (Å²) >= 11 is 0. The molecule has 0 aliphatic heterocycles. The van der Waals surface area contributed by atoms with Gasteiger partial charge in [-0.05, 0) is 38.8 Å². The van der Waals surface area contributed by atoms with Crippen LogP contribution in [-0.4, -0.2) is 38.1 Å². The van der Waals surface area contributed by atoms with Crippen LogP contribution in [0, 0.1) is 19.7 Å². The smallest absolute Gasteiger partial charge is 0.271 e. The number of primary amides is 1. The predicted molar refractivity (Wildman–Crippen MR) is 107 cm³/mol. The maximum absolute atomic E-state index is 14.0. The molecule has 8 heteroatoms. The van der Waals surface area contributed by atoms with Crippen molar-refractivity contribution in [2.75, 3.05) is 7.05 Å². The molecule has 0 spiro atoms. The van der Waals surface area contributed by atoms with Gasteiger partial charge in [0.1, 0.15) is 12.1 Å². The van der Waals surface area contributed by atoms with E-state index in [4.69, 9.17) is 5.73 Å². The highest BCUT2D eigenvalue weighted by Gasteiger charge is 2.21. The van der Waals surface area contributed by atoms with Crippen LogP contribution in [0.15, 0.2) is 30.6 Å². The lowest BCUT2D eigenvalue weighted by atomic mass is 10.0. The van der Waals surface area contributed by atoms with E-state index in [0.29, 0.717) is 17.6 Å². The van der Waals surface area contributed by atoms with Crippen LogP contribution in [0.2, 0.25) is 0 Å². The fraction of sp³-hybridized carbons (Fsp3) is 0.333.